The van der Waals surface area contributed by atoms with Crippen molar-refractivity contribution in [3.8, 4) is 0 Å². The first-order valence-electron chi connectivity index (χ1n) is 7.44. The van der Waals surface area contributed by atoms with Crippen molar-refractivity contribution in [3.05, 3.63) is 29.3 Å². The summed E-state index contributed by atoms with van der Waals surface area (Å²) in [5.41, 5.74) is 3.59. The van der Waals surface area contributed by atoms with E-state index in [4.69, 9.17) is 9.66 Å². The minimum Gasteiger partial charge on any atom is -0.481 e. The maximum absolute atomic E-state index is 10.9. The number of hydrogen-bond donors (Lipinski definition) is 2. The smallest absolute Gasteiger partial charge is 0.307 e. The van der Waals surface area contributed by atoms with E-state index >= 15 is 0 Å². The van der Waals surface area contributed by atoms with Crippen molar-refractivity contribution < 1.29 is 27.4 Å². The van der Waals surface area contributed by atoms with Gasteiger partial charge in [-0.25, -0.2) is 0 Å². The average molecular weight is 340 g/mol. The quantitative estimate of drug-likeness (QED) is 0.610. The lowest BCUT2D eigenvalue weighted by atomic mass is 9.81. The van der Waals surface area contributed by atoms with Gasteiger partial charge in [-0.1, -0.05) is 6.07 Å². The molecule has 0 fully saturated rings. The van der Waals surface area contributed by atoms with Crippen LogP contribution >= 0.6 is 0 Å². The summed E-state index contributed by atoms with van der Waals surface area (Å²) < 4.78 is 32.7. The van der Waals surface area contributed by atoms with Gasteiger partial charge in [-0.2, -0.15) is 13.0 Å². The first-order valence-corrected chi connectivity index (χ1v) is 9.05. The molecule has 1 aliphatic heterocycles. The number of aliphatic carboxylic acids is 1. The average Bonchev–Trinajstić information content (AvgIpc) is 2.58. The molecule has 0 saturated heterocycles. The van der Waals surface area contributed by atoms with Crippen molar-refractivity contribution >= 4 is 27.5 Å². The van der Waals surface area contributed by atoms with Gasteiger partial charge in [-0.3, -0.25) is 9.35 Å². The van der Waals surface area contributed by atoms with Crippen LogP contribution in [0.5, 0.6) is 0 Å². The van der Waals surface area contributed by atoms with Crippen LogP contribution in [0.3, 0.4) is 0 Å². The highest BCUT2D eigenvalue weighted by molar-refractivity contribution is 7.85. The molecular formula is C16H22NO5S+. The van der Waals surface area contributed by atoms with E-state index in [2.05, 4.69) is 13.8 Å². The van der Waals surface area contributed by atoms with Crippen molar-refractivity contribution in [2.45, 2.75) is 39.0 Å². The summed E-state index contributed by atoms with van der Waals surface area (Å²) in [6.07, 6.45) is 0.299. The van der Waals surface area contributed by atoms with Crippen LogP contribution in [0.25, 0.3) is 0 Å². The van der Waals surface area contributed by atoms with Crippen molar-refractivity contribution in [1.29, 1.82) is 0 Å². The molecule has 23 heavy (non-hydrogen) atoms. The maximum atomic E-state index is 10.9. The molecule has 2 N–H and O–H groups in total. The minimum atomic E-state index is -3.96. The molecule has 0 spiro atoms. The molecule has 0 atom stereocenters. The summed E-state index contributed by atoms with van der Waals surface area (Å²) in [6.45, 7) is 6.60. The van der Waals surface area contributed by atoms with Gasteiger partial charge in [0, 0.05) is 25.0 Å². The van der Waals surface area contributed by atoms with Gasteiger partial charge in [0.05, 0.1) is 17.6 Å². The Morgan fingerprint density at radius 2 is 1.96 bits per heavy atom. The fourth-order valence-corrected chi connectivity index (χ4v) is 3.50. The third-order valence-corrected chi connectivity index (χ3v) is 5.28. The molecule has 6 nitrogen and oxygen atoms in total. The molecule has 1 aromatic carbocycles. The molecule has 0 saturated carbocycles. The zero-order valence-corrected chi connectivity index (χ0v) is 14.4. The summed E-state index contributed by atoms with van der Waals surface area (Å²) in [6, 6.07) is 5.59. The van der Waals surface area contributed by atoms with Crippen LogP contribution in [0.4, 0.5) is 5.69 Å². The molecule has 0 radical (unpaired) electrons. The number of carboxylic acids is 1. The zero-order valence-electron chi connectivity index (χ0n) is 13.5. The highest BCUT2D eigenvalue weighted by Crippen LogP contribution is 2.40. The number of benzene rings is 1. The predicted molar refractivity (Wildman–Crippen MR) is 87.3 cm³/mol. The molecule has 1 aromatic rings. The Labute approximate surface area is 136 Å². The van der Waals surface area contributed by atoms with E-state index in [9.17, 15) is 13.2 Å². The molecule has 0 unspecified atom stereocenters. The molecule has 0 bridgehead atoms. The number of hydrogen-bond acceptors (Lipinski definition) is 3. The molecule has 2 rings (SSSR count). The Bertz CT molecular complexity index is 778. The molecule has 1 aliphatic rings. The Kier molecular flexibility index (Phi) is 4.64. The van der Waals surface area contributed by atoms with E-state index in [0.717, 1.165) is 22.5 Å². The van der Waals surface area contributed by atoms with E-state index in [1.54, 1.807) is 6.07 Å². The van der Waals surface area contributed by atoms with Crippen LogP contribution < -0.4 is 0 Å². The minimum absolute atomic E-state index is 0.0227. The van der Waals surface area contributed by atoms with Crippen molar-refractivity contribution in [2.75, 3.05) is 12.3 Å². The summed E-state index contributed by atoms with van der Waals surface area (Å²) in [4.78, 5) is 10.9. The molecule has 126 valence electrons. The Balaban J connectivity index is 2.32. The monoisotopic (exact) mass is 340 g/mol. The van der Waals surface area contributed by atoms with Crippen LogP contribution in [0.15, 0.2) is 18.2 Å². The second-order valence-electron chi connectivity index (χ2n) is 6.42. The number of carboxylic acid groups (broad SMARTS) is 1. The SMILES string of the molecule is CC1=[N+](CCCS(=O)(=O)O)c2ccc(CC(=O)O)cc2C1(C)C. The number of fused-ring (bicyclic) bond motifs is 1. The fourth-order valence-electron chi connectivity index (χ4n) is 3.01. The summed E-state index contributed by atoms with van der Waals surface area (Å²) >= 11 is 0. The van der Waals surface area contributed by atoms with Crippen molar-refractivity contribution in [1.82, 2.24) is 0 Å². The van der Waals surface area contributed by atoms with Crippen molar-refractivity contribution in [3.63, 3.8) is 0 Å². The van der Waals surface area contributed by atoms with Crippen LogP contribution in [-0.4, -0.2) is 46.6 Å². The van der Waals surface area contributed by atoms with Gasteiger partial charge in [-0.05, 0) is 25.5 Å². The largest absolute Gasteiger partial charge is 0.481 e. The van der Waals surface area contributed by atoms with E-state index in [1.807, 2.05) is 23.6 Å². The van der Waals surface area contributed by atoms with Gasteiger partial charge in [0.25, 0.3) is 10.1 Å². The Morgan fingerprint density at radius 3 is 2.52 bits per heavy atom. The molecular weight excluding hydrogens is 318 g/mol. The molecule has 0 amide bonds. The van der Waals surface area contributed by atoms with Gasteiger partial charge in [-0.15, -0.1) is 0 Å². The Morgan fingerprint density at radius 1 is 1.30 bits per heavy atom. The van der Waals surface area contributed by atoms with Crippen LogP contribution in [0.2, 0.25) is 0 Å². The highest BCUT2D eigenvalue weighted by atomic mass is 32.2. The number of carbonyl (C=O) groups is 1. The lowest BCUT2D eigenvalue weighted by Gasteiger charge is -2.15. The zero-order chi connectivity index (χ0) is 17.4. The number of nitrogens with zero attached hydrogens (tertiary/aromatic N) is 1. The normalized spacial score (nSPS) is 16.5. The summed E-state index contributed by atoms with van der Waals surface area (Å²) in [5.74, 6) is -1.14. The van der Waals surface area contributed by atoms with Gasteiger partial charge in [0.15, 0.2) is 5.71 Å². The molecule has 7 heteroatoms. The first-order chi connectivity index (χ1) is 10.5. The maximum Gasteiger partial charge on any atom is 0.307 e. The molecule has 0 aliphatic carbocycles. The van der Waals surface area contributed by atoms with Gasteiger partial charge in [0.1, 0.15) is 6.54 Å². The predicted octanol–water partition coefficient (Wildman–Crippen LogP) is 1.99. The van der Waals surface area contributed by atoms with E-state index in [1.165, 1.54) is 0 Å². The van der Waals surface area contributed by atoms with Crippen LogP contribution in [0.1, 0.15) is 38.3 Å². The first kappa shape index (κ1) is 17.6. The third-order valence-electron chi connectivity index (χ3n) is 4.47. The third kappa shape index (κ3) is 3.79. The van der Waals surface area contributed by atoms with E-state index in [0.29, 0.717) is 13.0 Å². The van der Waals surface area contributed by atoms with Crippen LogP contribution in [-0.2, 0) is 26.7 Å². The van der Waals surface area contributed by atoms with Crippen molar-refractivity contribution in [2.24, 2.45) is 0 Å². The lowest BCUT2D eigenvalue weighted by molar-refractivity contribution is -0.438. The topological polar surface area (TPSA) is 94.7 Å². The number of rotatable bonds is 6. The van der Waals surface area contributed by atoms with Gasteiger partial charge >= 0.3 is 5.97 Å². The Hall–Kier alpha value is -1.73. The molecule has 1 heterocycles. The van der Waals surface area contributed by atoms with E-state index < -0.39 is 16.1 Å². The van der Waals surface area contributed by atoms with Gasteiger partial charge < -0.3 is 5.11 Å². The second kappa shape index (κ2) is 6.05. The summed E-state index contributed by atoms with van der Waals surface area (Å²) in [7, 11) is -3.96. The fraction of sp³-hybridized carbons (Fsp3) is 0.500. The van der Waals surface area contributed by atoms with E-state index in [-0.39, 0.29) is 17.6 Å². The van der Waals surface area contributed by atoms with Crippen LogP contribution in [0, 0.1) is 0 Å². The standard InChI is InChI=1S/C16H21NO5S/c1-11-16(2,3)13-9-12(10-15(18)19)5-6-14(13)17(11)7-4-8-23(20,21)22/h5-6,9H,4,7-8,10H2,1-3H3,(H-,18,19,20,21,22)/p+1. The highest BCUT2D eigenvalue weighted by Gasteiger charge is 2.42. The summed E-state index contributed by atoms with van der Waals surface area (Å²) in [5, 5.41) is 8.95. The lowest BCUT2D eigenvalue weighted by Crippen LogP contribution is -2.27. The molecule has 0 aromatic heterocycles. The van der Waals surface area contributed by atoms with Gasteiger partial charge in [0.2, 0.25) is 5.69 Å². The second-order valence-corrected chi connectivity index (χ2v) is 8.00.